The lowest BCUT2D eigenvalue weighted by Gasteiger charge is -2.09. The second kappa shape index (κ2) is 4.12. The van der Waals surface area contributed by atoms with E-state index in [2.05, 4.69) is 12.2 Å². The molecule has 0 spiro atoms. The largest absolute Gasteiger partial charge is 0.478 e. The SMILES string of the molecule is CCC1CC1Nc1ccc(F)cc1C(=O)O. The van der Waals surface area contributed by atoms with E-state index >= 15 is 0 Å². The van der Waals surface area contributed by atoms with Gasteiger partial charge in [0.1, 0.15) is 5.82 Å². The highest BCUT2D eigenvalue weighted by Crippen LogP contribution is 2.36. The van der Waals surface area contributed by atoms with Crippen molar-refractivity contribution in [3.05, 3.63) is 29.6 Å². The van der Waals surface area contributed by atoms with Gasteiger partial charge >= 0.3 is 5.97 Å². The Morgan fingerprint density at radius 1 is 1.62 bits per heavy atom. The van der Waals surface area contributed by atoms with E-state index in [9.17, 15) is 9.18 Å². The van der Waals surface area contributed by atoms with E-state index in [-0.39, 0.29) is 5.56 Å². The topological polar surface area (TPSA) is 49.3 Å². The molecule has 1 aliphatic rings. The summed E-state index contributed by atoms with van der Waals surface area (Å²) in [5.74, 6) is -1.01. The van der Waals surface area contributed by atoms with Gasteiger partial charge in [0, 0.05) is 11.7 Å². The number of anilines is 1. The first-order valence-electron chi connectivity index (χ1n) is 5.41. The normalized spacial score (nSPS) is 22.9. The third-order valence-electron chi connectivity index (χ3n) is 3.00. The van der Waals surface area contributed by atoms with Crippen LogP contribution in [0.1, 0.15) is 30.1 Å². The van der Waals surface area contributed by atoms with Gasteiger partial charge in [0.15, 0.2) is 0 Å². The number of carboxylic acid groups (broad SMARTS) is 1. The van der Waals surface area contributed by atoms with E-state index in [1.54, 1.807) is 0 Å². The highest BCUT2D eigenvalue weighted by molar-refractivity contribution is 5.94. The minimum Gasteiger partial charge on any atom is -0.478 e. The minimum atomic E-state index is -1.10. The Labute approximate surface area is 93.3 Å². The van der Waals surface area contributed by atoms with Crippen LogP contribution in [0.5, 0.6) is 0 Å². The van der Waals surface area contributed by atoms with Crippen LogP contribution in [0.25, 0.3) is 0 Å². The Balaban J connectivity index is 2.17. The molecule has 0 saturated heterocycles. The molecule has 0 aliphatic heterocycles. The number of hydrogen-bond donors (Lipinski definition) is 2. The first-order valence-corrected chi connectivity index (χ1v) is 5.41. The zero-order valence-electron chi connectivity index (χ0n) is 9.03. The Morgan fingerprint density at radius 3 is 2.94 bits per heavy atom. The first-order chi connectivity index (χ1) is 7.61. The van der Waals surface area contributed by atoms with Crippen LogP contribution in [-0.2, 0) is 0 Å². The second-order valence-electron chi connectivity index (χ2n) is 4.15. The zero-order valence-corrected chi connectivity index (χ0v) is 9.03. The maximum Gasteiger partial charge on any atom is 0.337 e. The van der Waals surface area contributed by atoms with E-state index in [0.717, 1.165) is 18.9 Å². The van der Waals surface area contributed by atoms with E-state index < -0.39 is 11.8 Å². The van der Waals surface area contributed by atoms with Crippen LogP contribution in [0.15, 0.2) is 18.2 Å². The zero-order chi connectivity index (χ0) is 11.7. The van der Waals surface area contributed by atoms with Crippen LogP contribution in [0.2, 0.25) is 0 Å². The molecule has 0 aromatic heterocycles. The predicted octanol–water partition coefficient (Wildman–Crippen LogP) is 2.73. The Bertz CT molecular complexity index is 419. The summed E-state index contributed by atoms with van der Waals surface area (Å²) < 4.78 is 12.9. The van der Waals surface area contributed by atoms with Crippen molar-refractivity contribution in [1.29, 1.82) is 0 Å². The summed E-state index contributed by atoms with van der Waals surface area (Å²) in [6.45, 7) is 2.11. The summed E-state index contributed by atoms with van der Waals surface area (Å²) in [7, 11) is 0. The van der Waals surface area contributed by atoms with Crippen molar-refractivity contribution in [2.75, 3.05) is 5.32 Å². The molecule has 1 aliphatic carbocycles. The van der Waals surface area contributed by atoms with Gasteiger partial charge in [-0.1, -0.05) is 13.3 Å². The number of halogens is 1. The molecular weight excluding hydrogens is 209 g/mol. The molecule has 2 N–H and O–H groups in total. The van der Waals surface area contributed by atoms with Gasteiger partial charge in [-0.2, -0.15) is 0 Å². The lowest BCUT2D eigenvalue weighted by Crippen LogP contribution is -2.10. The summed E-state index contributed by atoms with van der Waals surface area (Å²) in [5, 5.41) is 12.1. The van der Waals surface area contributed by atoms with Crippen molar-refractivity contribution >= 4 is 11.7 Å². The molecule has 2 atom stereocenters. The molecule has 1 saturated carbocycles. The van der Waals surface area contributed by atoms with Crippen molar-refractivity contribution in [2.45, 2.75) is 25.8 Å². The highest BCUT2D eigenvalue weighted by Gasteiger charge is 2.35. The average Bonchev–Trinajstić information content (AvgIpc) is 2.99. The molecule has 1 fully saturated rings. The smallest absolute Gasteiger partial charge is 0.337 e. The third-order valence-corrected chi connectivity index (χ3v) is 3.00. The molecule has 2 rings (SSSR count). The molecular formula is C12H14FNO2. The number of rotatable bonds is 4. The van der Waals surface area contributed by atoms with E-state index in [1.165, 1.54) is 12.1 Å². The van der Waals surface area contributed by atoms with Crippen molar-refractivity contribution in [1.82, 2.24) is 0 Å². The van der Waals surface area contributed by atoms with Crippen LogP contribution in [0.4, 0.5) is 10.1 Å². The average molecular weight is 223 g/mol. The van der Waals surface area contributed by atoms with E-state index in [0.29, 0.717) is 17.6 Å². The number of carboxylic acids is 1. The standard InChI is InChI=1S/C12H14FNO2/c1-2-7-5-11(7)14-10-4-3-8(13)6-9(10)12(15)16/h3-4,6-7,11,14H,2,5H2,1H3,(H,15,16). The number of nitrogens with one attached hydrogen (secondary N) is 1. The van der Waals surface area contributed by atoms with Gasteiger partial charge < -0.3 is 10.4 Å². The Morgan fingerprint density at radius 2 is 2.38 bits per heavy atom. The molecule has 3 nitrogen and oxygen atoms in total. The molecule has 0 heterocycles. The Hall–Kier alpha value is -1.58. The fraction of sp³-hybridized carbons (Fsp3) is 0.417. The highest BCUT2D eigenvalue weighted by atomic mass is 19.1. The molecule has 16 heavy (non-hydrogen) atoms. The summed E-state index contributed by atoms with van der Waals surface area (Å²) in [5.41, 5.74) is 0.511. The summed E-state index contributed by atoms with van der Waals surface area (Å²) >= 11 is 0. The molecule has 4 heteroatoms. The van der Waals surface area contributed by atoms with E-state index in [1.807, 2.05) is 0 Å². The van der Waals surface area contributed by atoms with Crippen LogP contribution in [-0.4, -0.2) is 17.1 Å². The third kappa shape index (κ3) is 2.15. The number of benzene rings is 1. The first kappa shape index (κ1) is 10.9. The lowest BCUT2D eigenvalue weighted by molar-refractivity contribution is 0.0697. The van der Waals surface area contributed by atoms with Gasteiger partial charge in [-0.05, 0) is 30.5 Å². The van der Waals surface area contributed by atoms with Gasteiger partial charge in [0.25, 0.3) is 0 Å². The quantitative estimate of drug-likeness (QED) is 0.825. The van der Waals surface area contributed by atoms with Crippen molar-refractivity contribution in [3.8, 4) is 0 Å². The summed E-state index contributed by atoms with van der Waals surface area (Å²) in [4.78, 5) is 10.9. The molecule has 0 bridgehead atoms. The fourth-order valence-electron chi connectivity index (χ4n) is 1.89. The van der Waals surface area contributed by atoms with Gasteiger partial charge in [0.2, 0.25) is 0 Å². The number of aromatic carboxylic acids is 1. The summed E-state index contributed by atoms with van der Waals surface area (Å²) in [6.07, 6.45) is 2.15. The van der Waals surface area contributed by atoms with Gasteiger partial charge in [-0.25, -0.2) is 9.18 Å². The van der Waals surface area contributed by atoms with Gasteiger partial charge in [-0.15, -0.1) is 0 Å². The van der Waals surface area contributed by atoms with Gasteiger partial charge in [0.05, 0.1) is 5.56 Å². The Kier molecular flexibility index (Phi) is 2.81. The summed E-state index contributed by atoms with van der Waals surface area (Å²) in [6, 6.07) is 4.16. The van der Waals surface area contributed by atoms with Crippen molar-refractivity contribution in [2.24, 2.45) is 5.92 Å². The molecule has 0 amide bonds. The van der Waals surface area contributed by atoms with Crippen LogP contribution < -0.4 is 5.32 Å². The van der Waals surface area contributed by atoms with Crippen molar-refractivity contribution in [3.63, 3.8) is 0 Å². The predicted molar refractivity (Wildman–Crippen MR) is 59.2 cm³/mol. The maximum atomic E-state index is 12.9. The number of carbonyl (C=O) groups is 1. The van der Waals surface area contributed by atoms with Gasteiger partial charge in [-0.3, -0.25) is 0 Å². The molecule has 1 aromatic carbocycles. The van der Waals surface area contributed by atoms with Crippen LogP contribution in [0, 0.1) is 11.7 Å². The molecule has 86 valence electrons. The van der Waals surface area contributed by atoms with E-state index in [4.69, 9.17) is 5.11 Å². The monoisotopic (exact) mass is 223 g/mol. The van der Waals surface area contributed by atoms with Crippen molar-refractivity contribution < 1.29 is 14.3 Å². The van der Waals surface area contributed by atoms with Crippen LogP contribution >= 0.6 is 0 Å². The fourth-order valence-corrected chi connectivity index (χ4v) is 1.89. The maximum absolute atomic E-state index is 12.9. The molecule has 0 radical (unpaired) electrons. The molecule has 2 unspecified atom stereocenters. The lowest BCUT2D eigenvalue weighted by atomic mass is 10.1. The molecule has 1 aromatic rings. The van der Waals surface area contributed by atoms with Crippen LogP contribution in [0.3, 0.4) is 0 Å². The number of hydrogen-bond acceptors (Lipinski definition) is 2. The second-order valence-corrected chi connectivity index (χ2v) is 4.15. The minimum absolute atomic E-state index is 0.00162.